The summed E-state index contributed by atoms with van der Waals surface area (Å²) in [6, 6.07) is 0. The Hall–Kier alpha value is -0.0800. The van der Waals surface area contributed by atoms with Crippen LogP contribution in [-0.2, 0) is 0 Å². The molecule has 2 nitrogen and oxygen atoms in total. The van der Waals surface area contributed by atoms with Crippen molar-refractivity contribution in [1.82, 2.24) is 5.32 Å². The molecule has 0 saturated carbocycles. The van der Waals surface area contributed by atoms with E-state index in [1.807, 2.05) is 0 Å². The van der Waals surface area contributed by atoms with Gasteiger partial charge in [0.1, 0.15) is 0 Å². The summed E-state index contributed by atoms with van der Waals surface area (Å²) in [5.74, 6) is 0. The van der Waals surface area contributed by atoms with Crippen molar-refractivity contribution in [3.8, 4) is 0 Å². The fourth-order valence-electron chi connectivity index (χ4n) is 2.93. The Morgan fingerprint density at radius 3 is 1.23 bits per heavy atom. The van der Waals surface area contributed by atoms with E-state index < -0.39 is 0 Å². The van der Waals surface area contributed by atoms with Crippen molar-refractivity contribution < 1.29 is 5.11 Å². The van der Waals surface area contributed by atoms with Crippen LogP contribution in [0.25, 0.3) is 0 Å². The quantitative estimate of drug-likeness (QED) is 0.395. The van der Waals surface area contributed by atoms with Crippen molar-refractivity contribution in [1.29, 1.82) is 0 Å². The highest BCUT2D eigenvalue weighted by atomic mass is 16.2. The smallest absolute Gasteiger partial charge is 0.0431 e. The van der Waals surface area contributed by atoms with Crippen molar-refractivity contribution >= 4 is 0 Å². The van der Waals surface area contributed by atoms with E-state index in [-0.39, 0.29) is 0 Å². The fourth-order valence-corrected chi connectivity index (χ4v) is 2.93. The molecule has 0 amide bonds. The number of hydrogen-bond donors (Lipinski definition) is 2. The average molecular weight is 314 g/mol. The Balaban J connectivity index is 0.000000734. The Kier molecular flexibility index (Phi) is 20.8. The zero-order valence-corrected chi connectivity index (χ0v) is 15.4. The monoisotopic (exact) mass is 313 g/mol. The minimum Gasteiger partial charge on any atom is -0.396 e. The van der Waals surface area contributed by atoms with Crippen LogP contribution in [0.5, 0.6) is 0 Å². The standard InChI is InChI=1S/C16H34O.C4H9N/c1-2-3-4-5-6-7-8-9-10-11-12-13-14-15-16-17;1-2-4-5-3-1/h17H,2-16H2,1H3;5H,1-4H2. The van der Waals surface area contributed by atoms with E-state index in [4.69, 9.17) is 5.11 Å². The number of rotatable bonds is 14. The van der Waals surface area contributed by atoms with Crippen LogP contribution in [0, 0.1) is 0 Å². The van der Waals surface area contributed by atoms with Crippen LogP contribution in [0.15, 0.2) is 0 Å². The van der Waals surface area contributed by atoms with Gasteiger partial charge in [0, 0.05) is 6.61 Å². The number of nitrogens with one attached hydrogen (secondary N) is 1. The highest BCUT2D eigenvalue weighted by Gasteiger charge is 1.94. The lowest BCUT2D eigenvalue weighted by Crippen LogP contribution is -2.03. The van der Waals surface area contributed by atoms with Crippen LogP contribution in [0.1, 0.15) is 110 Å². The zero-order chi connectivity index (χ0) is 16.1. The maximum absolute atomic E-state index is 8.64. The average Bonchev–Trinajstić information content (AvgIpc) is 3.12. The molecule has 2 N–H and O–H groups in total. The summed E-state index contributed by atoms with van der Waals surface area (Å²) in [7, 11) is 0. The van der Waals surface area contributed by atoms with Crippen LogP contribution >= 0.6 is 0 Å². The number of unbranched alkanes of at least 4 members (excludes halogenated alkanes) is 13. The predicted octanol–water partition coefficient (Wildman–Crippen LogP) is 5.83. The summed E-state index contributed by atoms with van der Waals surface area (Å²) in [5, 5.41) is 11.9. The number of hydrogen-bond acceptors (Lipinski definition) is 2. The van der Waals surface area contributed by atoms with E-state index in [9.17, 15) is 0 Å². The van der Waals surface area contributed by atoms with E-state index in [2.05, 4.69) is 12.2 Å². The second kappa shape index (κ2) is 20.9. The van der Waals surface area contributed by atoms with E-state index in [0.29, 0.717) is 6.61 Å². The highest BCUT2D eigenvalue weighted by Crippen LogP contribution is 2.12. The van der Waals surface area contributed by atoms with E-state index in [1.165, 1.54) is 109 Å². The molecular weight excluding hydrogens is 270 g/mol. The predicted molar refractivity (Wildman–Crippen MR) is 99.5 cm³/mol. The molecular formula is C20H43NO. The molecule has 1 heterocycles. The molecule has 0 aromatic carbocycles. The SMILES string of the molecule is C1CCNC1.CCCCCCCCCCCCCCCCO. The van der Waals surface area contributed by atoms with Crippen LogP contribution in [0.3, 0.4) is 0 Å². The summed E-state index contributed by atoms with van der Waals surface area (Å²) in [6.45, 7) is 5.15. The van der Waals surface area contributed by atoms with Crippen molar-refractivity contribution in [2.24, 2.45) is 0 Å². The minimum atomic E-state index is 0.373. The van der Waals surface area contributed by atoms with Gasteiger partial charge >= 0.3 is 0 Å². The van der Waals surface area contributed by atoms with Crippen molar-refractivity contribution in [3.63, 3.8) is 0 Å². The van der Waals surface area contributed by atoms with Gasteiger partial charge in [0.05, 0.1) is 0 Å². The van der Waals surface area contributed by atoms with Gasteiger partial charge in [-0.1, -0.05) is 90.4 Å². The van der Waals surface area contributed by atoms with Gasteiger partial charge < -0.3 is 10.4 Å². The van der Waals surface area contributed by atoms with Crippen molar-refractivity contribution in [3.05, 3.63) is 0 Å². The van der Waals surface area contributed by atoms with E-state index >= 15 is 0 Å². The minimum absolute atomic E-state index is 0.373. The van der Waals surface area contributed by atoms with Gasteiger partial charge in [0.15, 0.2) is 0 Å². The summed E-state index contributed by atoms with van der Waals surface area (Å²) in [5.41, 5.74) is 0. The molecule has 0 bridgehead atoms. The molecule has 1 rings (SSSR count). The molecule has 0 aromatic heterocycles. The Labute approximate surface area is 140 Å². The molecule has 2 heteroatoms. The summed E-state index contributed by atoms with van der Waals surface area (Å²) in [6.07, 6.45) is 22.0. The Morgan fingerprint density at radius 1 is 0.591 bits per heavy atom. The number of aliphatic hydroxyl groups excluding tert-OH is 1. The van der Waals surface area contributed by atoms with E-state index in [1.54, 1.807) is 0 Å². The summed E-state index contributed by atoms with van der Waals surface area (Å²) in [4.78, 5) is 0. The van der Waals surface area contributed by atoms with Gasteiger partial charge in [0.2, 0.25) is 0 Å². The van der Waals surface area contributed by atoms with Crippen molar-refractivity contribution in [2.75, 3.05) is 19.7 Å². The lowest BCUT2D eigenvalue weighted by atomic mass is 10.0. The highest BCUT2D eigenvalue weighted by molar-refractivity contribution is 4.55. The molecule has 0 spiro atoms. The van der Waals surface area contributed by atoms with E-state index in [0.717, 1.165) is 6.42 Å². The molecule has 0 aromatic rings. The second-order valence-corrected chi connectivity index (χ2v) is 6.78. The van der Waals surface area contributed by atoms with Crippen LogP contribution in [-0.4, -0.2) is 24.8 Å². The lowest BCUT2D eigenvalue weighted by Gasteiger charge is -2.02. The first kappa shape index (κ1) is 21.9. The van der Waals surface area contributed by atoms with Gasteiger partial charge in [-0.3, -0.25) is 0 Å². The Morgan fingerprint density at radius 2 is 0.955 bits per heavy atom. The maximum Gasteiger partial charge on any atom is 0.0431 e. The van der Waals surface area contributed by atoms with Gasteiger partial charge in [-0.25, -0.2) is 0 Å². The first-order chi connectivity index (χ1) is 10.9. The molecule has 0 radical (unpaired) electrons. The molecule has 1 aliphatic rings. The molecule has 134 valence electrons. The molecule has 0 aliphatic carbocycles. The van der Waals surface area contributed by atoms with Crippen LogP contribution in [0.4, 0.5) is 0 Å². The Bertz CT molecular complexity index is 159. The third-order valence-electron chi connectivity index (χ3n) is 4.47. The first-order valence-electron chi connectivity index (χ1n) is 10.2. The van der Waals surface area contributed by atoms with Gasteiger partial charge in [-0.2, -0.15) is 0 Å². The zero-order valence-electron chi connectivity index (χ0n) is 15.4. The normalized spacial score (nSPS) is 13.9. The second-order valence-electron chi connectivity index (χ2n) is 6.78. The van der Waals surface area contributed by atoms with Gasteiger partial charge in [-0.05, 0) is 32.4 Å². The molecule has 1 aliphatic heterocycles. The lowest BCUT2D eigenvalue weighted by molar-refractivity contribution is 0.282. The third kappa shape index (κ3) is 19.9. The van der Waals surface area contributed by atoms with Crippen LogP contribution in [0.2, 0.25) is 0 Å². The molecule has 0 unspecified atom stereocenters. The molecule has 22 heavy (non-hydrogen) atoms. The maximum atomic E-state index is 8.64. The van der Waals surface area contributed by atoms with Crippen molar-refractivity contribution in [2.45, 2.75) is 110 Å². The van der Waals surface area contributed by atoms with Crippen LogP contribution < -0.4 is 5.32 Å². The fraction of sp³-hybridized carbons (Fsp3) is 1.00. The topological polar surface area (TPSA) is 32.3 Å². The largest absolute Gasteiger partial charge is 0.396 e. The summed E-state index contributed by atoms with van der Waals surface area (Å²) >= 11 is 0. The summed E-state index contributed by atoms with van der Waals surface area (Å²) < 4.78 is 0. The van der Waals surface area contributed by atoms with Gasteiger partial charge in [0.25, 0.3) is 0 Å². The molecule has 1 saturated heterocycles. The number of aliphatic hydroxyl groups is 1. The first-order valence-corrected chi connectivity index (χ1v) is 10.2. The molecule has 1 fully saturated rings. The molecule has 0 atom stereocenters. The third-order valence-corrected chi connectivity index (χ3v) is 4.47. The van der Waals surface area contributed by atoms with Gasteiger partial charge in [-0.15, -0.1) is 0 Å².